The number of hydrogen-bond acceptors (Lipinski definition) is 1. The molecule has 0 saturated carbocycles. The fourth-order valence-corrected chi connectivity index (χ4v) is 1.75. The predicted molar refractivity (Wildman–Crippen MR) is 61.5 cm³/mol. The summed E-state index contributed by atoms with van der Waals surface area (Å²) in [4.78, 5) is 4.67. The third-order valence-electron chi connectivity index (χ3n) is 1.96. The molecule has 0 aromatic heterocycles. The highest BCUT2D eigenvalue weighted by Gasteiger charge is 2.04. The second-order valence-corrected chi connectivity index (χ2v) is 4.94. The molecule has 0 aliphatic rings. The summed E-state index contributed by atoms with van der Waals surface area (Å²) in [5.74, 6) is 1.49. The minimum atomic E-state index is 0.499. The second-order valence-electron chi connectivity index (χ2n) is 4.94. The van der Waals surface area contributed by atoms with Gasteiger partial charge in [0.05, 0.1) is 0 Å². The van der Waals surface area contributed by atoms with Crippen molar-refractivity contribution in [2.75, 3.05) is 0 Å². The van der Waals surface area contributed by atoms with Crippen molar-refractivity contribution in [1.29, 1.82) is 0 Å². The molecule has 0 saturated heterocycles. The van der Waals surface area contributed by atoms with Crippen molar-refractivity contribution >= 4 is 5.71 Å². The molecule has 1 nitrogen and oxygen atoms in total. The van der Waals surface area contributed by atoms with E-state index in [2.05, 4.69) is 46.5 Å². The quantitative estimate of drug-likeness (QED) is 0.573. The van der Waals surface area contributed by atoms with Gasteiger partial charge in [-0.15, -0.1) is 0 Å². The van der Waals surface area contributed by atoms with Crippen LogP contribution in [0.5, 0.6) is 0 Å². The molecule has 0 amide bonds. The summed E-state index contributed by atoms with van der Waals surface area (Å²) in [5, 5.41) is 0. The molecule has 0 N–H and O–H groups in total. The average Bonchev–Trinajstić information content (AvgIpc) is 1.80. The van der Waals surface area contributed by atoms with E-state index < -0.39 is 0 Å². The number of aliphatic imine (C=N–C) groups is 1. The highest BCUT2D eigenvalue weighted by Crippen LogP contribution is 2.09. The molecular weight excluding hydrogens is 158 g/mol. The standard InChI is InChI=1S/C12H25N/c1-9(2)7-11(5)13-12(6)8-10(3)4/h9-11H,7-8H2,1-6H3. The van der Waals surface area contributed by atoms with E-state index >= 15 is 0 Å². The lowest BCUT2D eigenvalue weighted by atomic mass is 10.0. The van der Waals surface area contributed by atoms with E-state index in [1.54, 1.807) is 0 Å². The van der Waals surface area contributed by atoms with Crippen LogP contribution < -0.4 is 0 Å². The van der Waals surface area contributed by atoms with Gasteiger partial charge in [-0.1, -0.05) is 27.7 Å². The summed E-state index contributed by atoms with van der Waals surface area (Å²) >= 11 is 0. The molecule has 78 valence electrons. The molecule has 0 aromatic rings. The Morgan fingerprint density at radius 2 is 1.54 bits per heavy atom. The van der Waals surface area contributed by atoms with Gasteiger partial charge in [-0.2, -0.15) is 0 Å². The van der Waals surface area contributed by atoms with Gasteiger partial charge in [-0.3, -0.25) is 4.99 Å². The lowest BCUT2D eigenvalue weighted by molar-refractivity contribution is 0.519. The highest BCUT2D eigenvalue weighted by molar-refractivity contribution is 5.82. The van der Waals surface area contributed by atoms with Crippen LogP contribution in [0.1, 0.15) is 54.4 Å². The fourth-order valence-electron chi connectivity index (χ4n) is 1.75. The molecular formula is C12H25N. The minimum Gasteiger partial charge on any atom is -0.291 e. The van der Waals surface area contributed by atoms with Crippen molar-refractivity contribution in [3.05, 3.63) is 0 Å². The van der Waals surface area contributed by atoms with Crippen LogP contribution in [-0.4, -0.2) is 11.8 Å². The van der Waals surface area contributed by atoms with E-state index in [1.165, 1.54) is 12.1 Å². The minimum absolute atomic E-state index is 0.499. The zero-order chi connectivity index (χ0) is 10.4. The van der Waals surface area contributed by atoms with Crippen LogP contribution in [0.3, 0.4) is 0 Å². The Labute approximate surface area is 83.6 Å². The summed E-state index contributed by atoms with van der Waals surface area (Å²) in [5.41, 5.74) is 1.31. The first-order valence-corrected chi connectivity index (χ1v) is 5.45. The second kappa shape index (κ2) is 6.17. The van der Waals surface area contributed by atoms with Crippen LogP contribution in [0.25, 0.3) is 0 Å². The maximum absolute atomic E-state index is 4.67. The molecule has 13 heavy (non-hydrogen) atoms. The Kier molecular flexibility index (Phi) is 6.02. The van der Waals surface area contributed by atoms with Gasteiger partial charge >= 0.3 is 0 Å². The third-order valence-corrected chi connectivity index (χ3v) is 1.96. The van der Waals surface area contributed by atoms with Crippen LogP contribution in [0, 0.1) is 11.8 Å². The average molecular weight is 183 g/mol. The first-order chi connectivity index (χ1) is 5.91. The Morgan fingerprint density at radius 3 is 1.92 bits per heavy atom. The number of nitrogens with zero attached hydrogens (tertiary/aromatic N) is 1. The topological polar surface area (TPSA) is 12.4 Å². The molecule has 0 fully saturated rings. The van der Waals surface area contributed by atoms with Gasteiger partial charge in [-0.05, 0) is 38.5 Å². The zero-order valence-corrected chi connectivity index (χ0v) is 10.1. The Morgan fingerprint density at radius 1 is 1.00 bits per heavy atom. The normalized spacial score (nSPS) is 15.5. The largest absolute Gasteiger partial charge is 0.291 e. The van der Waals surface area contributed by atoms with Crippen molar-refractivity contribution < 1.29 is 0 Å². The van der Waals surface area contributed by atoms with Gasteiger partial charge in [0, 0.05) is 11.8 Å². The Balaban J connectivity index is 3.91. The van der Waals surface area contributed by atoms with E-state index in [-0.39, 0.29) is 0 Å². The predicted octanol–water partition coefficient (Wildman–Crippen LogP) is 3.93. The summed E-state index contributed by atoms with van der Waals surface area (Å²) in [6.45, 7) is 13.4. The molecule has 1 unspecified atom stereocenters. The van der Waals surface area contributed by atoms with Crippen molar-refractivity contribution in [1.82, 2.24) is 0 Å². The van der Waals surface area contributed by atoms with E-state index in [0.717, 1.165) is 18.3 Å². The van der Waals surface area contributed by atoms with E-state index in [4.69, 9.17) is 0 Å². The van der Waals surface area contributed by atoms with Gasteiger partial charge in [0.15, 0.2) is 0 Å². The van der Waals surface area contributed by atoms with Gasteiger partial charge in [0.25, 0.3) is 0 Å². The van der Waals surface area contributed by atoms with Crippen LogP contribution in [0.15, 0.2) is 4.99 Å². The van der Waals surface area contributed by atoms with Crippen molar-refractivity contribution in [2.24, 2.45) is 16.8 Å². The summed E-state index contributed by atoms with van der Waals surface area (Å²) in [6, 6.07) is 0.499. The number of hydrogen-bond donors (Lipinski definition) is 0. The third kappa shape index (κ3) is 8.01. The van der Waals surface area contributed by atoms with Crippen LogP contribution in [-0.2, 0) is 0 Å². The SMILES string of the molecule is CC(CC(C)C)=NC(C)CC(C)C. The van der Waals surface area contributed by atoms with Crippen LogP contribution in [0.4, 0.5) is 0 Å². The van der Waals surface area contributed by atoms with E-state index in [0.29, 0.717) is 6.04 Å². The Bertz CT molecular complexity index is 157. The molecule has 1 heteroatoms. The van der Waals surface area contributed by atoms with Gasteiger partial charge in [0.1, 0.15) is 0 Å². The van der Waals surface area contributed by atoms with E-state index in [9.17, 15) is 0 Å². The Hall–Kier alpha value is -0.330. The molecule has 0 spiro atoms. The van der Waals surface area contributed by atoms with Gasteiger partial charge < -0.3 is 0 Å². The summed E-state index contributed by atoms with van der Waals surface area (Å²) in [7, 11) is 0. The highest BCUT2D eigenvalue weighted by atomic mass is 14.8. The van der Waals surface area contributed by atoms with Crippen molar-refractivity contribution in [2.45, 2.75) is 60.4 Å². The zero-order valence-electron chi connectivity index (χ0n) is 10.1. The lowest BCUT2D eigenvalue weighted by Crippen LogP contribution is -2.07. The first-order valence-electron chi connectivity index (χ1n) is 5.45. The first kappa shape index (κ1) is 12.7. The van der Waals surface area contributed by atoms with Crippen LogP contribution >= 0.6 is 0 Å². The summed E-state index contributed by atoms with van der Waals surface area (Å²) < 4.78 is 0. The summed E-state index contributed by atoms with van der Waals surface area (Å²) in [6.07, 6.45) is 2.35. The molecule has 1 atom stereocenters. The smallest absolute Gasteiger partial charge is 0.0473 e. The molecule has 0 aliphatic heterocycles. The van der Waals surface area contributed by atoms with Crippen LogP contribution in [0.2, 0.25) is 0 Å². The van der Waals surface area contributed by atoms with Crippen molar-refractivity contribution in [3.8, 4) is 0 Å². The molecule has 0 heterocycles. The van der Waals surface area contributed by atoms with Gasteiger partial charge in [0.2, 0.25) is 0 Å². The molecule has 0 aromatic carbocycles. The molecule has 0 bridgehead atoms. The van der Waals surface area contributed by atoms with E-state index in [1.807, 2.05) is 0 Å². The fraction of sp³-hybridized carbons (Fsp3) is 0.917. The van der Waals surface area contributed by atoms with Gasteiger partial charge in [-0.25, -0.2) is 0 Å². The molecule has 0 rings (SSSR count). The van der Waals surface area contributed by atoms with Crippen molar-refractivity contribution in [3.63, 3.8) is 0 Å². The molecule has 0 aliphatic carbocycles. The number of rotatable bonds is 5. The maximum atomic E-state index is 4.67. The molecule has 0 radical (unpaired) electrons. The maximum Gasteiger partial charge on any atom is 0.0473 e. The monoisotopic (exact) mass is 183 g/mol. The lowest BCUT2D eigenvalue weighted by Gasteiger charge is -2.11.